The predicted octanol–water partition coefficient (Wildman–Crippen LogP) is 5.55. The molecule has 7 nitrogen and oxygen atoms in total. The van der Waals surface area contributed by atoms with E-state index in [4.69, 9.17) is 9.51 Å². The van der Waals surface area contributed by atoms with E-state index in [1.807, 2.05) is 36.7 Å². The molecule has 0 aliphatic carbocycles. The van der Waals surface area contributed by atoms with E-state index in [-0.39, 0.29) is 18.3 Å². The number of hydrogen-bond donors (Lipinski definition) is 0. The summed E-state index contributed by atoms with van der Waals surface area (Å²) in [5.41, 5.74) is 4.14. The largest absolute Gasteiger partial charge is 0.357 e. The summed E-state index contributed by atoms with van der Waals surface area (Å²) in [5, 5.41) is 5.29. The van der Waals surface area contributed by atoms with Crippen molar-refractivity contribution < 1.29 is 4.52 Å². The van der Waals surface area contributed by atoms with Gasteiger partial charge in [0.15, 0.2) is 0 Å². The number of hydrogen-bond acceptors (Lipinski definition) is 7. The van der Waals surface area contributed by atoms with Crippen molar-refractivity contribution >= 4 is 29.1 Å². The molecule has 0 radical (unpaired) electrons. The fourth-order valence-electron chi connectivity index (χ4n) is 4.45. The number of fused-ring (bicyclic) bond motifs is 1. The van der Waals surface area contributed by atoms with Crippen LogP contribution in [0.5, 0.6) is 0 Å². The number of para-hydroxylation sites is 1. The van der Waals surface area contributed by atoms with Gasteiger partial charge in [-0.3, -0.25) is 9.97 Å². The lowest BCUT2D eigenvalue weighted by atomic mass is 9.96. The summed E-state index contributed by atoms with van der Waals surface area (Å²) in [6.07, 6.45) is 9.02. The molecule has 1 aromatic carbocycles. The van der Waals surface area contributed by atoms with Crippen molar-refractivity contribution in [1.82, 2.24) is 25.1 Å². The smallest absolute Gasteiger partial charge is 0.230 e. The van der Waals surface area contributed by atoms with Crippen LogP contribution in [0.25, 0.3) is 33.4 Å². The molecule has 0 N–H and O–H groups in total. The standard InChI is InChI=1S/C26H22N6O.ClH/c1-3-19-6-7-23(29-24(19)22(5-1)18-8-13-27-14-9-18)32-15-10-20(11-16-32)26-30-25(31-33-26)21-4-2-12-28-17-21;/h1-9,12-14,17,20H,10-11,15-16H2;1H. The Morgan fingerprint density at radius 1 is 0.794 bits per heavy atom. The Bertz CT molecular complexity index is 1380. The number of rotatable bonds is 4. The van der Waals surface area contributed by atoms with E-state index in [9.17, 15) is 0 Å². The van der Waals surface area contributed by atoms with Crippen molar-refractivity contribution in [2.24, 2.45) is 0 Å². The Hall–Kier alpha value is -3.84. The van der Waals surface area contributed by atoms with E-state index in [0.29, 0.717) is 11.7 Å². The molecular formula is C26H23ClN6O. The lowest BCUT2D eigenvalue weighted by Crippen LogP contribution is -2.33. The molecule has 6 rings (SSSR count). The Labute approximate surface area is 203 Å². The second-order valence-corrected chi connectivity index (χ2v) is 8.24. The van der Waals surface area contributed by atoms with Crippen molar-refractivity contribution in [1.29, 1.82) is 0 Å². The molecular weight excluding hydrogens is 448 g/mol. The topological polar surface area (TPSA) is 80.8 Å². The lowest BCUT2D eigenvalue weighted by molar-refractivity contribution is 0.329. The molecule has 0 saturated carbocycles. The van der Waals surface area contributed by atoms with Crippen molar-refractivity contribution in [3.8, 4) is 22.5 Å². The molecule has 1 aliphatic rings. The molecule has 1 saturated heterocycles. The number of pyridine rings is 3. The molecule has 1 fully saturated rings. The molecule has 0 bridgehead atoms. The van der Waals surface area contributed by atoms with Gasteiger partial charge in [0.1, 0.15) is 5.82 Å². The second-order valence-electron chi connectivity index (χ2n) is 8.24. The van der Waals surface area contributed by atoms with Crippen LogP contribution < -0.4 is 4.90 Å². The summed E-state index contributed by atoms with van der Waals surface area (Å²) in [5.74, 6) is 2.57. The number of nitrogens with zero attached hydrogens (tertiary/aromatic N) is 6. The van der Waals surface area contributed by atoms with Crippen molar-refractivity contribution in [2.75, 3.05) is 18.0 Å². The first-order chi connectivity index (χ1) is 16.3. The number of piperidine rings is 1. The average molecular weight is 471 g/mol. The molecule has 0 unspecified atom stereocenters. The maximum absolute atomic E-state index is 5.59. The number of aromatic nitrogens is 5. The second kappa shape index (κ2) is 9.57. The van der Waals surface area contributed by atoms with Gasteiger partial charge in [-0.15, -0.1) is 12.4 Å². The van der Waals surface area contributed by atoms with Gasteiger partial charge in [-0.1, -0.05) is 23.4 Å². The fraction of sp³-hybridized carbons (Fsp3) is 0.192. The quantitative estimate of drug-likeness (QED) is 0.340. The van der Waals surface area contributed by atoms with Crippen LogP contribution in [0.1, 0.15) is 24.7 Å². The Kier molecular flexibility index (Phi) is 6.18. The summed E-state index contributed by atoms with van der Waals surface area (Å²) in [7, 11) is 0. The van der Waals surface area contributed by atoms with E-state index in [1.165, 1.54) is 0 Å². The van der Waals surface area contributed by atoms with Crippen LogP contribution in [0.15, 0.2) is 83.9 Å². The fourth-order valence-corrected chi connectivity index (χ4v) is 4.45. The van der Waals surface area contributed by atoms with E-state index in [1.54, 1.807) is 12.4 Å². The van der Waals surface area contributed by atoms with E-state index >= 15 is 0 Å². The normalized spacial score (nSPS) is 14.2. The number of benzene rings is 1. The first-order valence-corrected chi connectivity index (χ1v) is 11.1. The monoisotopic (exact) mass is 470 g/mol. The van der Waals surface area contributed by atoms with Gasteiger partial charge in [-0.25, -0.2) is 4.98 Å². The summed E-state index contributed by atoms with van der Waals surface area (Å²) in [6.45, 7) is 1.79. The average Bonchev–Trinajstić information content (AvgIpc) is 3.40. The van der Waals surface area contributed by atoms with Gasteiger partial charge < -0.3 is 9.42 Å². The van der Waals surface area contributed by atoms with Gasteiger partial charge >= 0.3 is 0 Å². The number of anilines is 1. The van der Waals surface area contributed by atoms with Crippen LogP contribution in [-0.2, 0) is 0 Å². The SMILES string of the molecule is Cl.c1cncc(-c2noc(C3CCN(c4ccc5cccc(-c6ccncc6)c5n4)CC3)n2)c1. The van der Waals surface area contributed by atoms with Gasteiger partial charge in [0.25, 0.3) is 0 Å². The first kappa shape index (κ1) is 22.0. The van der Waals surface area contributed by atoms with Crippen LogP contribution in [0.4, 0.5) is 5.82 Å². The zero-order valence-corrected chi connectivity index (χ0v) is 19.2. The summed E-state index contributed by atoms with van der Waals surface area (Å²) in [4.78, 5) is 20.3. The Morgan fingerprint density at radius 3 is 2.44 bits per heavy atom. The van der Waals surface area contributed by atoms with Gasteiger partial charge in [-0.2, -0.15) is 4.98 Å². The first-order valence-electron chi connectivity index (χ1n) is 11.1. The van der Waals surface area contributed by atoms with Gasteiger partial charge in [0.05, 0.1) is 5.52 Å². The zero-order valence-electron chi connectivity index (χ0n) is 18.4. The molecule has 4 aromatic heterocycles. The van der Waals surface area contributed by atoms with E-state index in [2.05, 4.69) is 55.3 Å². The number of halogens is 1. The molecule has 34 heavy (non-hydrogen) atoms. The molecule has 0 spiro atoms. The third-order valence-electron chi connectivity index (χ3n) is 6.23. The summed E-state index contributed by atoms with van der Waals surface area (Å²) >= 11 is 0. The Morgan fingerprint density at radius 2 is 1.65 bits per heavy atom. The molecule has 0 amide bonds. The highest BCUT2D eigenvalue weighted by Gasteiger charge is 2.26. The van der Waals surface area contributed by atoms with Crippen LogP contribution in [0.3, 0.4) is 0 Å². The maximum atomic E-state index is 5.59. The molecule has 5 heterocycles. The molecule has 5 aromatic rings. The Balaban J connectivity index is 0.00000241. The van der Waals surface area contributed by atoms with Gasteiger partial charge in [0, 0.05) is 60.3 Å². The van der Waals surface area contributed by atoms with Crippen molar-refractivity contribution in [3.63, 3.8) is 0 Å². The van der Waals surface area contributed by atoms with Crippen molar-refractivity contribution in [3.05, 3.63) is 85.3 Å². The highest BCUT2D eigenvalue weighted by Crippen LogP contribution is 2.32. The maximum Gasteiger partial charge on any atom is 0.230 e. The summed E-state index contributed by atoms with van der Waals surface area (Å²) < 4.78 is 5.59. The molecule has 170 valence electrons. The lowest BCUT2D eigenvalue weighted by Gasteiger charge is -2.31. The molecule has 8 heteroatoms. The van der Waals surface area contributed by atoms with Crippen LogP contribution in [-0.4, -0.2) is 38.2 Å². The van der Waals surface area contributed by atoms with Crippen LogP contribution >= 0.6 is 12.4 Å². The van der Waals surface area contributed by atoms with E-state index < -0.39 is 0 Å². The summed E-state index contributed by atoms with van der Waals surface area (Å²) in [6, 6.07) is 18.5. The minimum Gasteiger partial charge on any atom is -0.357 e. The van der Waals surface area contributed by atoms with Crippen LogP contribution in [0.2, 0.25) is 0 Å². The molecule has 0 atom stereocenters. The third-order valence-corrected chi connectivity index (χ3v) is 6.23. The van der Waals surface area contributed by atoms with Crippen LogP contribution in [0, 0.1) is 0 Å². The third kappa shape index (κ3) is 4.22. The minimum atomic E-state index is 0. The van der Waals surface area contributed by atoms with Gasteiger partial charge in [-0.05, 0) is 54.8 Å². The highest BCUT2D eigenvalue weighted by molar-refractivity contribution is 5.94. The van der Waals surface area contributed by atoms with E-state index in [0.717, 1.165) is 59.3 Å². The van der Waals surface area contributed by atoms with Crippen molar-refractivity contribution in [2.45, 2.75) is 18.8 Å². The zero-order chi connectivity index (χ0) is 22.0. The molecule has 1 aliphatic heterocycles. The minimum absolute atomic E-state index is 0. The predicted molar refractivity (Wildman–Crippen MR) is 134 cm³/mol. The van der Waals surface area contributed by atoms with Gasteiger partial charge in [0.2, 0.25) is 11.7 Å². The highest BCUT2D eigenvalue weighted by atomic mass is 35.5.